The lowest BCUT2D eigenvalue weighted by molar-refractivity contribution is 0.305. The summed E-state index contributed by atoms with van der Waals surface area (Å²) in [6.07, 6.45) is 3.41. The van der Waals surface area contributed by atoms with Gasteiger partial charge in [0.25, 0.3) is 0 Å². The fourth-order valence-electron chi connectivity index (χ4n) is 2.97. The van der Waals surface area contributed by atoms with Gasteiger partial charge in [0.1, 0.15) is 5.82 Å². The lowest BCUT2D eigenvalue weighted by Crippen LogP contribution is -2.30. The Morgan fingerprint density at radius 2 is 2.11 bits per heavy atom. The Labute approximate surface area is 123 Å². The summed E-state index contributed by atoms with van der Waals surface area (Å²) in [5.41, 5.74) is 2.24. The van der Waals surface area contributed by atoms with Crippen molar-refractivity contribution in [3.05, 3.63) is 29.0 Å². The molecule has 1 aliphatic carbocycles. The molecule has 1 aromatic heterocycles. The Morgan fingerprint density at radius 1 is 1.37 bits per heavy atom. The number of hydrogen-bond acceptors (Lipinski definition) is 1. The molecule has 0 atom stereocenters. The lowest BCUT2D eigenvalue weighted by Gasteiger charge is -2.29. The second kappa shape index (κ2) is 4.68. The van der Waals surface area contributed by atoms with Gasteiger partial charge in [-0.1, -0.05) is 11.6 Å². The number of halogens is 2. The third-order valence-electron chi connectivity index (χ3n) is 4.16. The predicted molar refractivity (Wildman–Crippen MR) is 81.2 cm³/mol. The third kappa shape index (κ3) is 2.25. The minimum absolute atomic E-state index is 0.101. The SMILES string of the molecule is CC(C)(C1CC1)n1c(CCCl)nc2cc(Cl)ccc21. The van der Waals surface area contributed by atoms with Crippen LogP contribution in [0.2, 0.25) is 5.02 Å². The van der Waals surface area contributed by atoms with E-state index < -0.39 is 0 Å². The van der Waals surface area contributed by atoms with Crippen molar-refractivity contribution in [2.45, 2.75) is 38.6 Å². The standard InChI is InChI=1S/C15H18Cl2N2/c1-15(2,10-3-4-10)19-13-6-5-11(17)9-12(13)18-14(19)7-8-16/h5-6,9-10H,3-4,7-8H2,1-2H3. The van der Waals surface area contributed by atoms with Crippen LogP contribution in [0.25, 0.3) is 11.0 Å². The van der Waals surface area contributed by atoms with Crippen molar-refractivity contribution in [3.63, 3.8) is 0 Å². The summed E-state index contributed by atoms with van der Waals surface area (Å²) in [6.45, 7) is 4.61. The summed E-state index contributed by atoms with van der Waals surface area (Å²) in [7, 11) is 0. The number of aryl methyl sites for hydroxylation is 1. The minimum atomic E-state index is 0.101. The van der Waals surface area contributed by atoms with Gasteiger partial charge in [0.2, 0.25) is 0 Å². The van der Waals surface area contributed by atoms with Crippen LogP contribution in [0, 0.1) is 5.92 Å². The summed E-state index contributed by atoms with van der Waals surface area (Å²) in [5.74, 6) is 2.41. The number of nitrogens with zero attached hydrogens (tertiary/aromatic N) is 2. The number of hydrogen-bond donors (Lipinski definition) is 0. The first kappa shape index (κ1) is 13.3. The molecule has 0 N–H and O–H groups in total. The average Bonchev–Trinajstić information content (AvgIpc) is 3.12. The van der Waals surface area contributed by atoms with E-state index in [0.717, 1.165) is 28.7 Å². The van der Waals surface area contributed by atoms with Crippen LogP contribution in [0.4, 0.5) is 0 Å². The second-order valence-corrected chi connectivity index (χ2v) is 6.68. The highest BCUT2D eigenvalue weighted by Gasteiger charge is 2.40. The molecule has 102 valence electrons. The van der Waals surface area contributed by atoms with E-state index in [1.165, 1.54) is 18.4 Å². The lowest BCUT2D eigenvalue weighted by atomic mass is 9.97. The molecule has 3 rings (SSSR count). The predicted octanol–water partition coefficient (Wildman–Crippen LogP) is 4.62. The summed E-state index contributed by atoms with van der Waals surface area (Å²) in [5, 5.41) is 0.735. The van der Waals surface area contributed by atoms with Gasteiger partial charge in [-0.3, -0.25) is 0 Å². The van der Waals surface area contributed by atoms with Gasteiger partial charge in [0.15, 0.2) is 0 Å². The van der Waals surface area contributed by atoms with E-state index in [9.17, 15) is 0 Å². The van der Waals surface area contributed by atoms with Gasteiger partial charge in [0, 0.05) is 22.9 Å². The summed E-state index contributed by atoms with van der Waals surface area (Å²) in [4.78, 5) is 4.73. The summed E-state index contributed by atoms with van der Waals surface area (Å²) in [6, 6.07) is 5.95. The topological polar surface area (TPSA) is 17.8 Å². The first-order valence-corrected chi connectivity index (χ1v) is 7.68. The molecular weight excluding hydrogens is 279 g/mol. The van der Waals surface area contributed by atoms with Gasteiger partial charge >= 0.3 is 0 Å². The van der Waals surface area contributed by atoms with E-state index in [0.29, 0.717) is 5.88 Å². The molecule has 0 bridgehead atoms. The maximum Gasteiger partial charge on any atom is 0.111 e. The van der Waals surface area contributed by atoms with Crippen LogP contribution in [0.1, 0.15) is 32.5 Å². The van der Waals surface area contributed by atoms with E-state index in [4.69, 9.17) is 28.2 Å². The molecule has 1 aromatic carbocycles. The first-order chi connectivity index (χ1) is 9.04. The Kier molecular flexibility index (Phi) is 3.26. The van der Waals surface area contributed by atoms with Crippen molar-refractivity contribution in [1.82, 2.24) is 9.55 Å². The molecule has 1 fully saturated rings. The zero-order valence-corrected chi connectivity index (χ0v) is 12.8. The highest BCUT2D eigenvalue weighted by atomic mass is 35.5. The highest BCUT2D eigenvalue weighted by molar-refractivity contribution is 6.31. The maximum atomic E-state index is 6.07. The molecule has 19 heavy (non-hydrogen) atoms. The molecular formula is C15H18Cl2N2. The van der Waals surface area contributed by atoms with Gasteiger partial charge in [-0.25, -0.2) is 4.98 Å². The fraction of sp³-hybridized carbons (Fsp3) is 0.533. The molecule has 1 heterocycles. The Morgan fingerprint density at radius 3 is 2.74 bits per heavy atom. The highest BCUT2D eigenvalue weighted by Crippen LogP contribution is 2.45. The number of imidazole rings is 1. The molecule has 2 aromatic rings. The van der Waals surface area contributed by atoms with Crippen molar-refractivity contribution in [2.75, 3.05) is 5.88 Å². The maximum absolute atomic E-state index is 6.07. The molecule has 0 radical (unpaired) electrons. The molecule has 0 aliphatic heterocycles. The molecule has 0 saturated heterocycles. The molecule has 0 spiro atoms. The van der Waals surface area contributed by atoms with Crippen LogP contribution in [0.3, 0.4) is 0 Å². The van der Waals surface area contributed by atoms with Gasteiger partial charge in [-0.15, -0.1) is 11.6 Å². The van der Waals surface area contributed by atoms with Crippen LogP contribution < -0.4 is 0 Å². The minimum Gasteiger partial charge on any atom is -0.322 e. The quantitative estimate of drug-likeness (QED) is 0.753. The number of benzene rings is 1. The van der Waals surface area contributed by atoms with Crippen molar-refractivity contribution in [2.24, 2.45) is 5.92 Å². The molecule has 4 heteroatoms. The van der Waals surface area contributed by atoms with Gasteiger partial charge in [-0.2, -0.15) is 0 Å². The molecule has 2 nitrogen and oxygen atoms in total. The first-order valence-electron chi connectivity index (χ1n) is 6.77. The second-order valence-electron chi connectivity index (χ2n) is 5.86. The summed E-state index contributed by atoms with van der Waals surface area (Å²) < 4.78 is 2.37. The van der Waals surface area contributed by atoms with Crippen LogP contribution in [-0.4, -0.2) is 15.4 Å². The van der Waals surface area contributed by atoms with Gasteiger partial charge in [0.05, 0.1) is 11.0 Å². The molecule has 0 amide bonds. The van der Waals surface area contributed by atoms with Crippen LogP contribution >= 0.6 is 23.2 Å². The van der Waals surface area contributed by atoms with E-state index in [1.807, 2.05) is 12.1 Å². The zero-order valence-electron chi connectivity index (χ0n) is 11.3. The number of alkyl halides is 1. The molecule has 1 saturated carbocycles. The van der Waals surface area contributed by atoms with Crippen molar-refractivity contribution in [3.8, 4) is 0 Å². The van der Waals surface area contributed by atoms with E-state index in [2.05, 4.69) is 24.5 Å². The third-order valence-corrected chi connectivity index (χ3v) is 4.58. The largest absolute Gasteiger partial charge is 0.322 e. The van der Waals surface area contributed by atoms with E-state index >= 15 is 0 Å². The average molecular weight is 297 g/mol. The smallest absolute Gasteiger partial charge is 0.111 e. The normalized spacial score (nSPS) is 16.2. The van der Waals surface area contributed by atoms with Crippen LogP contribution in [0.5, 0.6) is 0 Å². The van der Waals surface area contributed by atoms with E-state index in [-0.39, 0.29) is 5.54 Å². The summed E-state index contributed by atoms with van der Waals surface area (Å²) >= 11 is 12.0. The van der Waals surface area contributed by atoms with Crippen molar-refractivity contribution >= 4 is 34.2 Å². The van der Waals surface area contributed by atoms with Crippen molar-refractivity contribution < 1.29 is 0 Å². The number of rotatable bonds is 4. The Balaban J connectivity index is 2.21. The fourth-order valence-corrected chi connectivity index (χ4v) is 3.31. The number of fused-ring (bicyclic) bond motifs is 1. The Bertz CT molecular complexity index is 612. The molecule has 1 aliphatic rings. The zero-order chi connectivity index (χ0) is 13.6. The molecule has 0 unspecified atom stereocenters. The van der Waals surface area contributed by atoms with Crippen molar-refractivity contribution in [1.29, 1.82) is 0 Å². The van der Waals surface area contributed by atoms with Crippen LogP contribution in [-0.2, 0) is 12.0 Å². The van der Waals surface area contributed by atoms with Crippen LogP contribution in [0.15, 0.2) is 18.2 Å². The Hall–Kier alpha value is -0.730. The van der Waals surface area contributed by atoms with Gasteiger partial charge < -0.3 is 4.57 Å². The number of aromatic nitrogens is 2. The van der Waals surface area contributed by atoms with Gasteiger partial charge in [-0.05, 0) is 50.8 Å². The monoisotopic (exact) mass is 296 g/mol. The van der Waals surface area contributed by atoms with E-state index in [1.54, 1.807) is 0 Å².